The van der Waals surface area contributed by atoms with Crippen LogP contribution in [-0.2, 0) is 21.4 Å². The van der Waals surface area contributed by atoms with E-state index in [1.807, 2.05) is 6.07 Å². The third kappa shape index (κ3) is 4.67. The fraction of sp³-hybridized carbons (Fsp3) is 0.176. The summed E-state index contributed by atoms with van der Waals surface area (Å²) in [7, 11) is -2.28. The molecule has 0 atom stereocenters. The van der Waals surface area contributed by atoms with Crippen LogP contribution in [0, 0.1) is 0 Å². The van der Waals surface area contributed by atoms with Crippen LogP contribution in [0.3, 0.4) is 0 Å². The molecular formula is C17H16ClN3O3S3. The normalized spacial score (nSPS) is 11.3. The van der Waals surface area contributed by atoms with Gasteiger partial charge in [0.2, 0.25) is 5.91 Å². The molecule has 142 valence electrons. The van der Waals surface area contributed by atoms with Crippen molar-refractivity contribution in [3.63, 3.8) is 0 Å². The average molecular weight is 442 g/mol. The van der Waals surface area contributed by atoms with E-state index in [4.69, 9.17) is 11.6 Å². The van der Waals surface area contributed by atoms with Crippen molar-refractivity contribution in [3.8, 4) is 0 Å². The second-order valence-electron chi connectivity index (χ2n) is 5.60. The summed E-state index contributed by atoms with van der Waals surface area (Å²) in [6.07, 6.45) is 1.51. The van der Waals surface area contributed by atoms with Gasteiger partial charge in [0.05, 0.1) is 15.8 Å². The summed E-state index contributed by atoms with van der Waals surface area (Å²) in [5.41, 5.74) is 0. The van der Waals surface area contributed by atoms with Gasteiger partial charge in [-0.2, -0.15) is 0 Å². The van der Waals surface area contributed by atoms with Gasteiger partial charge in [-0.15, -0.1) is 22.7 Å². The third-order valence-corrected chi connectivity index (χ3v) is 7.57. The predicted molar refractivity (Wildman–Crippen MR) is 109 cm³/mol. The van der Waals surface area contributed by atoms with Crippen molar-refractivity contribution >= 4 is 55.3 Å². The Bertz CT molecular complexity index is 1000. The lowest BCUT2D eigenvalue weighted by molar-refractivity contribution is -0.128. The van der Waals surface area contributed by atoms with Crippen LogP contribution in [0.25, 0.3) is 0 Å². The fourth-order valence-corrected chi connectivity index (χ4v) is 5.72. The zero-order valence-corrected chi connectivity index (χ0v) is 17.5. The maximum Gasteiger partial charge on any atom is 0.266 e. The summed E-state index contributed by atoms with van der Waals surface area (Å²) >= 11 is 8.47. The Morgan fingerprint density at radius 3 is 2.52 bits per heavy atom. The molecule has 2 aromatic heterocycles. The Kier molecular flexibility index (Phi) is 6.15. The lowest BCUT2D eigenvalue weighted by atomic mass is 10.4. The summed E-state index contributed by atoms with van der Waals surface area (Å²) < 4.78 is 27.8. The van der Waals surface area contributed by atoms with Crippen molar-refractivity contribution in [2.45, 2.75) is 11.4 Å². The van der Waals surface area contributed by atoms with Crippen LogP contribution < -0.4 is 4.31 Å². The van der Waals surface area contributed by atoms with Crippen molar-refractivity contribution in [1.29, 1.82) is 0 Å². The first-order valence-corrected chi connectivity index (χ1v) is 11.3. The molecule has 1 amide bonds. The molecule has 0 saturated carbocycles. The van der Waals surface area contributed by atoms with Crippen LogP contribution in [0.15, 0.2) is 58.9 Å². The number of benzene rings is 1. The molecule has 1 aromatic carbocycles. The van der Waals surface area contributed by atoms with Gasteiger partial charge in [-0.25, -0.2) is 17.7 Å². The molecule has 0 unspecified atom stereocenters. The van der Waals surface area contributed by atoms with E-state index in [2.05, 4.69) is 4.98 Å². The maximum absolute atomic E-state index is 13.1. The van der Waals surface area contributed by atoms with Gasteiger partial charge in [0.1, 0.15) is 6.54 Å². The Morgan fingerprint density at radius 2 is 1.93 bits per heavy atom. The van der Waals surface area contributed by atoms with Crippen molar-refractivity contribution in [2.24, 2.45) is 0 Å². The molecular weight excluding hydrogens is 426 g/mol. The van der Waals surface area contributed by atoms with Gasteiger partial charge in [0, 0.05) is 23.5 Å². The number of aromatic nitrogens is 1. The maximum atomic E-state index is 13.1. The topological polar surface area (TPSA) is 70.6 Å². The molecule has 0 saturated heterocycles. The number of carbonyl (C=O) groups is 1. The number of thiazole rings is 1. The zero-order chi connectivity index (χ0) is 19.4. The molecule has 0 aliphatic rings. The number of hydrogen-bond donors (Lipinski definition) is 0. The van der Waals surface area contributed by atoms with Gasteiger partial charge >= 0.3 is 0 Å². The zero-order valence-electron chi connectivity index (χ0n) is 14.3. The highest BCUT2D eigenvalue weighted by atomic mass is 35.5. The van der Waals surface area contributed by atoms with Crippen molar-refractivity contribution in [1.82, 2.24) is 9.88 Å². The minimum Gasteiger partial charge on any atom is -0.339 e. The first kappa shape index (κ1) is 19.8. The van der Waals surface area contributed by atoms with Gasteiger partial charge in [0.25, 0.3) is 10.0 Å². The van der Waals surface area contributed by atoms with E-state index in [1.54, 1.807) is 36.7 Å². The van der Waals surface area contributed by atoms with Crippen molar-refractivity contribution in [2.75, 3.05) is 17.9 Å². The molecule has 0 bridgehead atoms. The summed E-state index contributed by atoms with van der Waals surface area (Å²) in [4.78, 5) is 19.3. The molecule has 0 fully saturated rings. The number of likely N-dealkylation sites (N-methyl/N-ethyl adjacent to an activating group) is 1. The average Bonchev–Trinajstić information content (AvgIpc) is 3.32. The highest BCUT2D eigenvalue weighted by Gasteiger charge is 2.29. The van der Waals surface area contributed by atoms with E-state index in [0.29, 0.717) is 10.9 Å². The number of anilines is 1. The van der Waals surface area contributed by atoms with E-state index in [9.17, 15) is 13.2 Å². The monoisotopic (exact) mass is 441 g/mol. The highest BCUT2D eigenvalue weighted by Crippen LogP contribution is 2.26. The second kappa shape index (κ2) is 8.39. The number of rotatable bonds is 7. The standard InChI is InChI=1S/C17H16ClN3O3S3/c1-20(11-13-7-8-15(18)26-13)16(22)12-21(17-19-9-10-25-17)27(23,24)14-5-3-2-4-6-14/h2-10H,11-12H2,1H3. The number of nitrogens with zero attached hydrogens (tertiary/aromatic N) is 3. The number of thiophene rings is 1. The quantitative estimate of drug-likeness (QED) is 0.560. The van der Waals surface area contributed by atoms with Gasteiger partial charge in [-0.3, -0.25) is 4.79 Å². The lowest BCUT2D eigenvalue weighted by Crippen LogP contribution is -2.41. The van der Waals surface area contributed by atoms with Crippen molar-refractivity contribution < 1.29 is 13.2 Å². The van der Waals surface area contributed by atoms with Gasteiger partial charge < -0.3 is 4.90 Å². The number of amides is 1. The van der Waals surface area contributed by atoms with E-state index >= 15 is 0 Å². The Balaban J connectivity index is 1.83. The van der Waals surface area contributed by atoms with Gasteiger partial charge in [0.15, 0.2) is 5.13 Å². The highest BCUT2D eigenvalue weighted by molar-refractivity contribution is 7.93. The molecule has 6 nitrogen and oxygen atoms in total. The first-order valence-electron chi connectivity index (χ1n) is 7.83. The summed E-state index contributed by atoms with van der Waals surface area (Å²) in [6.45, 7) is 0.0215. The summed E-state index contributed by atoms with van der Waals surface area (Å²) in [5.74, 6) is -0.339. The molecule has 3 aromatic rings. The van der Waals surface area contributed by atoms with Gasteiger partial charge in [-0.1, -0.05) is 29.8 Å². The molecule has 2 heterocycles. The van der Waals surface area contributed by atoms with Gasteiger partial charge in [-0.05, 0) is 24.3 Å². The van der Waals surface area contributed by atoms with Crippen LogP contribution in [0.2, 0.25) is 4.34 Å². The number of carbonyl (C=O) groups excluding carboxylic acids is 1. The Hall–Kier alpha value is -1.94. The van der Waals surface area contributed by atoms with Crippen LogP contribution in [0.4, 0.5) is 5.13 Å². The summed E-state index contributed by atoms with van der Waals surface area (Å²) in [5, 5.41) is 1.92. The fourth-order valence-electron chi connectivity index (χ4n) is 2.32. The van der Waals surface area contributed by atoms with Crippen LogP contribution in [0.1, 0.15) is 4.88 Å². The minimum atomic E-state index is -3.91. The smallest absolute Gasteiger partial charge is 0.266 e. The SMILES string of the molecule is CN(Cc1ccc(Cl)s1)C(=O)CN(c1nccs1)S(=O)(=O)c1ccccc1. The van der Waals surface area contributed by atoms with Crippen LogP contribution in [0.5, 0.6) is 0 Å². The minimum absolute atomic E-state index is 0.112. The van der Waals surface area contributed by atoms with E-state index < -0.39 is 10.0 Å². The molecule has 10 heteroatoms. The number of halogens is 1. The number of sulfonamides is 1. The molecule has 0 aliphatic carbocycles. The Labute approximate surface area is 170 Å². The predicted octanol–water partition coefficient (Wildman–Crippen LogP) is 3.71. The largest absolute Gasteiger partial charge is 0.339 e. The third-order valence-electron chi connectivity index (χ3n) is 3.69. The lowest BCUT2D eigenvalue weighted by Gasteiger charge is -2.24. The molecule has 3 rings (SSSR count). The molecule has 0 radical (unpaired) electrons. The Morgan fingerprint density at radius 1 is 1.19 bits per heavy atom. The summed E-state index contributed by atoms with van der Waals surface area (Å²) in [6, 6.07) is 11.6. The number of hydrogen-bond acceptors (Lipinski definition) is 6. The van der Waals surface area contributed by atoms with Crippen LogP contribution >= 0.6 is 34.3 Å². The second-order valence-corrected chi connectivity index (χ2v) is 10.1. The first-order chi connectivity index (χ1) is 12.9. The molecule has 0 spiro atoms. The molecule has 27 heavy (non-hydrogen) atoms. The van der Waals surface area contributed by atoms with E-state index in [0.717, 1.165) is 20.5 Å². The van der Waals surface area contributed by atoms with E-state index in [1.165, 1.54) is 34.6 Å². The van der Waals surface area contributed by atoms with E-state index in [-0.39, 0.29) is 22.5 Å². The molecule has 0 N–H and O–H groups in total. The van der Waals surface area contributed by atoms with Crippen molar-refractivity contribution in [3.05, 3.63) is 63.3 Å². The van der Waals surface area contributed by atoms with Crippen LogP contribution in [-0.4, -0.2) is 37.8 Å². The molecule has 0 aliphatic heterocycles.